The zero-order valence-corrected chi connectivity index (χ0v) is 9.79. The van der Waals surface area contributed by atoms with Crippen LogP contribution in [0.15, 0.2) is 0 Å². The van der Waals surface area contributed by atoms with Crippen LogP contribution < -0.4 is 5.73 Å². The van der Waals surface area contributed by atoms with Crippen LogP contribution >= 0.6 is 0 Å². The summed E-state index contributed by atoms with van der Waals surface area (Å²) in [6.07, 6.45) is 1.99. The maximum absolute atomic E-state index is 11.6. The zero-order valence-electron chi connectivity index (χ0n) is 9.79. The monoisotopic (exact) mass is 215 g/mol. The van der Waals surface area contributed by atoms with Crippen molar-refractivity contribution in [3.8, 4) is 0 Å². The van der Waals surface area contributed by atoms with Gasteiger partial charge >= 0.3 is 5.97 Å². The number of hydrogen-bond acceptors (Lipinski definition) is 4. The molecule has 0 aromatic rings. The molecule has 4 nitrogen and oxygen atoms in total. The van der Waals surface area contributed by atoms with Gasteiger partial charge in [0.05, 0.1) is 13.7 Å². The maximum Gasteiger partial charge on any atom is 0.328 e. The topological polar surface area (TPSA) is 61.5 Å². The fraction of sp³-hybridized carbons (Fsp3) is 0.909. The highest BCUT2D eigenvalue weighted by molar-refractivity contribution is 5.81. The van der Waals surface area contributed by atoms with Gasteiger partial charge in [0, 0.05) is 6.61 Å². The Balaban J connectivity index is 2.46. The maximum atomic E-state index is 11.6. The van der Waals surface area contributed by atoms with E-state index in [-0.39, 0.29) is 18.5 Å². The Morgan fingerprint density at radius 1 is 1.53 bits per heavy atom. The lowest BCUT2D eigenvalue weighted by atomic mass is 9.96. The molecular weight excluding hydrogens is 194 g/mol. The zero-order chi connectivity index (χ0) is 11.5. The molecule has 0 heterocycles. The van der Waals surface area contributed by atoms with Crippen LogP contribution in [0.3, 0.4) is 0 Å². The number of ether oxygens (including phenoxy) is 2. The molecule has 1 aliphatic rings. The summed E-state index contributed by atoms with van der Waals surface area (Å²) in [5.41, 5.74) is 5.12. The van der Waals surface area contributed by atoms with E-state index in [0.29, 0.717) is 12.5 Å². The molecule has 1 atom stereocenters. The van der Waals surface area contributed by atoms with Crippen molar-refractivity contribution in [2.24, 2.45) is 17.6 Å². The number of carbonyl (C=O) groups is 1. The minimum Gasteiger partial charge on any atom is -0.468 e. The molecule has 0 aliphatic heterocycles. The van der Waals surface area contributed by atoms with Gasteiger partial charge in [-0.3, -0.25) is 0 Å². The quantitative estimate of drug-likeness (QED) is 0.670. The molecule has 1 aliphatic carbocycles. The lowest BCUT2D eigenvalue weighted by molar-refractivity contribution is -0.151. The average Bonchev–Trinajstić information content (AvgIpc) is 2.98. The van der Waals surface area contributed by atoms with Gasteiger partial charge in [0.1, 0.15) is 5.54 Å². The van der Waals surface area contributed by atoms with E-state index in [1.165, 1.54) is 7.11 Å². The van der Waals surface area contributed by atoms with Crippen molar-refractivity contribution in [1.82, 2.24) is 0 Å². The first-order valence-electron chi connectivity index (χ1n) is 5.45. The summed E-state index contributed by atoms with van der Waals surface area (Å²) < 4.78 is 10.2. The van der Waals surface area contributed by atoms with E-state index < -0.39 is 5.54 Å². The molecule has 88 valence electrons. The van der Waals surface area contributed by atoms with Crippen LogP contribution in [-0.4, -0.2) is 31.8 Å². The standard InChI is InChI=1S/C11H21NO3/c1-8(2)6-15-7-11(12,9-4-5-9)10(13)14-3/h8-9H,4-7,12H2,1-3H3. The van der Waals surface area contributed by atoms with E-state index >= 15 is 0 Å². The molecule has 4 heteroatoms. The van der Waals surface area contributed by atoms with Gasteiger partial charge in [-0.25, -0.2) is 4.79 Å². The lowest BCUT2D eigenvalue weighted by Gasteiger charge is -2.26. The molecule has 1 saturated carbocycles. The Bertz CT molecular complexity index is 226. The normalized spacial score (nSPS) is 20.1. The van der Waals surface area contributed by atoms with Crippen LogP contribution in [0, 0.1) is 11.8 Å². The summed E-state index contributed by atoms with van der Waals surface area (Å²) in [5.74, 6) is 0.331. The van der Waals surface area contributed by atoms with Gasteiger partial charge in [-0.2, -0.15) is 0 Å². The van der Waals surface area contributed by atoms with Crippen molar-refractivity contribution in [1.29, 1.82) is 0 Å². The Kier molecular flexibility index (Phi) is 4.11. The molecule has 0 aromatic carbocycles. The number of hydrogen-bond donors (Lipinski definition) is 1. The molecule has 1 unspecified atom stereocenters. The Hall–Kier alpha value is -0.610. The summed E-state index contributed by atoms with van der Waals surface area (Å²) in [7, 11) is 1.37. The van der Waals surface area contributed by atoms with E-state index in [1.54, 1.807) is 0 Å². The SMILES string of the molecule is COC(=O)C(N)(COCC(C)C)C1CC1. The third-order valence-corrected chi connectivity index (χ3v) is 2.66. The van der Waals surface area contributed by atoms with Gasteiger partial charge in [0.2, 0.25) is 0 Å². The van der Waals surface area contributed by atoms with Crippen LogP contribution in [0.2, 0.25) is 0 Å². The summed E-state index contributed by atoms with van der Waals surface area (Å²) >= 11 is 0. The molecule has 0 bridgehead atoms. The van der Waals surface area contributed by atoms with Crippen molar-refractivity contribution in [3.05, 3.63) is 0 Å². The molecule has 1 rings (SSSR count). The molecular formula is C11H21NO3. The molecule has 0 saturated heterocycles. The number of carbonyl (C=O) groups excluding carboxylic acids is 1. The molecule has 0 aromatic heterocycles. The van der Waals surface area contributed by atoms with Crippen molar-refractivity contribution in [2.75, 3.05) is 20.3 Å². The van der Waals surface area contributed by atoms with Crippen molar-refractivity contribution < 1.29 is 14.3 Å². The Morgan fingerprint density at radius 2 is 2.13 bits per heavy atom. The van der Waals surface area contributed by atoms with Crippen LogP contribution in [-0.2, 0) is 14.3 Å². The summed E-state index contributed by atoms with van der Waals surface area (Å²) in [6.45, 7) is 5.02. The van der Waals surface area contributed by atoms with Crippen LogP contribution in [0.5, 0.6) is 0 Å². The van der Waals surface area contributed by atoms with Gasteiger partial charge in [-0.1, -0.05) is 13.8 Å². The average molecular weight is 215 g/mol. The number of nitrogens with two attached hydrogens (primary N) is 1. The Morgan fingerprint density at radius 3 is 2.53 bits per heavy atom. The largest absolute Gasteiger partial charge is 0.468 e. The molecule has 15 heavy (non-hydrogen) atoms. The number of methoxy groups -OCH3 is 1. The lowest BCUT2D eigenvalue weighted by Crippen LogP contribution is -2.54. The van der Waals surface area contributed by atoms with Gasteiger partial charge in [-0.05, 0) is 24.7 Å². The third-order valence-electron chi connectivity index (χ3n) is 2.66. The predicted octanol–water partition coefficient (Wildman–Crippen LogP) is 0.939. The molecule has 0 radical (unpaired) electrons. The minimum absolute atomic E-state index is 0.233. The van der Waals surface area contributed by atoms with Gasteiger partial charge < -0.3 is 15.2 Å². The smallest absolute Gasteiger partial charge is 0.328 e. The molecule has 0 amide bonds. The minimum atomic E-state index is -0.927. The first-order chi connectivity index (χ1) is 7.00. The van der Waals surface area contributed by atoms with Gasteiger partial charge in [-0.15, -0.1) is 0 Å². The predicted molar refractivity (Wildman–Crippen MR) is 57.3 cm³/mol. The highest BCUT2D eigenvalue weighted by Crippen LogP contribution is 2.39. The fourth-order valence-corrected chi connectivity index (χ4v) is 1.60. The van der Waals surface area contributed by atoms with Gasteiger partial charge in [0.25, 0.3) is 0 Å². The van der Waals surface area contributed by atoms with Crippen LogP contribution in [0.1, 0.15) is 26.7 Å². The fourth-order valence-electron chi connectivity index (χ4n) is 1.60. The van der Waals surface area contributed by atoms with Crippen molar-refractivity contribution in [3.63, 3.8) is 0 Å². The highest BCUT2D eigenvalue weighted by atomic mass is 16.5. The van der Waals surface area contributed by atoms with E-state index in [1.807, 2.05) is 0 Å². The first kappa shape index (κ1) is 12.5. The number of rotatable bonds is 6. The van der Waals surface area contributed by atoms with E-state index in [0.717, 1.165) is 12.8 Å². The second-order valence-corrected chi connectivity index (χ2v) is 4.72. The molecule has 2 N–H and O–H groups in total. The Labute approximate surface area is 91.1 Å². The second-order valence-electron chi connectivity index (χ2n) is 4.72. The van der Waals surface area contributed by atoms with Gasteiger partial charge in [0.15, 0.2) is 0 Å². The van der Waals surface area contributed by atoms with E-state index in [2.05, 4.69) is 13.8 Å². The van der Waals surface area contributed by atoms with Crippen molar-refractivity contribution >= 4 is 5.97 Å². The van der Waals surface area contributed by atoms with Crippen LogP contribution in [0.4, 0.5) is 0 Å². The molecule has 1 fully saturated rings. The second kappa shape index (κ2) is 4.94. The molecule has 0 spiro atoms. The summed E-state index contributed by atoms with van der Waals surface area (Å²) in [6, 6.07) is 0. The highest BCUT2D eigenvalue weighted by Gasteiger charge is 2.49. The summed E-state index contributed by atoms with van der Waals surface area (Å²) in [5, 5.41) is 0. The number of esters is 1. The van der Waals surface area contributed by atoms with E-state index in [9.17, 15) is 4.79 Å². The van der Waals surface area contributed by atoms with E-state index in [4.69, 9.17) is 15.2 Å². The summed E-state index contributed by atoms with van der Waals surface area (Å²) in [4.78, 5) is 11.6. The first-order valence-corrected chi connectivity index (χ1v) is 5.45. The third kappa shape index (κ3) is 3.18. The van der Waals surface area contributed by atoms with Crippen LogP contribution in [0.25, 0.3) is 0 Å². The van der Waals surface area contributed by atoms with Crippen molar-refractivity contribution in [2.45, 2.75) is 32.2 Å².